The Kier molecular flexibility index (Phi) is 5.08. The van der Waals surface area contributed by atoms with Crippen LogP contribution in [0.4, 0.5) is 5.69 Å². The summed E-state index contributed by atoms with van der Waals surface area (Å²) in [7, 11) is 0. The van der Waals surface area contributed by atoms with Crippen LogP contribution in [0.5, 0.6) is 0 Å². The fourth-order valence-corrected chi connectivity index (χ4v) is 2.91. The summed E-state index contributed by atoms with van der Waals surface area (Å²) in [4.78, 5) is 5.05. The van der Waals surface area contributed by atoms with Crippen LogP contribution in [0, 0.1) is 0 Å². The predicted octanol–water partition coefficient (Wildman–Crippen LogP) is 2.84. The highest BCUT2D eigenvalue weighted by atomic mass is 35.5. The van der Waals surface area contributed by atoms with Crippen molar-refractivity contribution in [3.8, 4) is 0 Å². The number of rotatable bonds is 4. The first kappa shape index (κ1) is 14.6. The maximum Gasteiger partial charge on any atom is 0.0429 e. The van der Waals surface area contributed by atoms with Crippen LogP contribution in [0.2, 0.25) is 5.02 Å². The third kappa shape index (κ3) is 4.10. The van der Waals surface area contributed by atoms with E-state index in [1.807, 2.05) is 12.1 Å². The van der Waals surface area contributed by atoms with Crippen molar-refractivity contribution >= 4 is 17.3 Å². The lowest BCUT2D eigenvalue weighted by Gasteiger charge is -2.37. The van der Waals surface area contributed by atoms with Crippen molar-refractivity contribution in [2.75, 3.05) is 31.9 Å². The SMILES string of the molecule is CCC(C)N1CCN(Cc2cc(N)cc(Cl)c2)CC1. The van der Waals surface area contributed by atoms with Crippen molar-refractivity contribution in [2.45, 2.75) is 32.9 Å². The summed E-state index contributed by atoms with van der Waals surface area (Å²) < 4.78 is 0. The van der Waals surface area contributed by atoms with Gasteiger partial charge in [-0.25, -0.2) is 0 Å². The molecule has 0 amide bonds. The number of benzene rings is 1. The minimum absolute atomic E-state index is 0.698. The molecule has 1 saturated heterocycles. The second-order valence-electron chi connectivity index (χ2n) is 5.46. The average molecular weight is 282 g/mol. The molecule has 1 unspecified atom stereocenters. The van der Waals surface area contributed by atoms with Crippen LogP contribution in [0.25, 0.3) is 0 Å². The van der Waals surface area contributed by atoms with Crippen LogP contribution in [-0.2, 0) is 6.54 Å². The van der Waals surface area contributed by atoms with Crippen molar-refractivity contribution in [3.63, 3.8) is 0 Å². The molecule has 0 aromatic heterocycles. The summed E-state index contributed by atoms with van der Waals surface area (Å²) in [5, 5.41) is 0.730. The third-order valence-corrected chi connectivity index (χ3v) is 4.23. The Morgan fingerprint density at radius 1 is 1.21 bits per heavy atom. The number of nitrogen functional groups attached to an aromatic ring is 1. The van der Waals surface area contributed by atoms with Crippen LogP contribution < -0.4 is 5.73 Å². The number of nitrogens with two attached hydrogens (primary N) is 1. The molecular weight excluding hydrogens is 258 g/mol. The molecule has 1 fully saturated rings. The summed E-state index contributed by atoms with van der Waals surface area (Å²) in [6.07, 6.45) is 1.23. The molecule has 0 saturated carbocycles. The van der Waals surface area contributed by atoms with Gasteiger partial charge in [-0.05, 0) is 37.1 Å². The van der Waals surface area contributed by atoms with Gasteiger partial charge in [0.1, 0.15) is 0 Å². The first-order valence-electron chi connectivity index (χ1n) is 7.10. The molecule has 1 aliphatic heterocycles. The molecule has 4 heteroatoms. The molecule has 2 rings (SSSR count). The van der Waals surface area contributed by atoms with Gasteiger partial charge in [-0.3, -0.25) is 9.80 Å². The van der Waals surface area contributed by atoms with E-state index in [0.717, 1.165) is 43.4 Å². The summed E-state index contributed by atoms with van der Waals surface area (Å²) >= 11 is 6.04. The van der Waals surface area contributed by atoms with Crippen molar-refractivity contribution in [1.29, 1.82) is 0 Å². The number of hydrogen-bond donors (Lipinski definition) is 1. The number of anilines is 1. The van der Waals surface area contributed by atoms with E-state index in [-0.39, 0.29) is 0 Å². The topological polar surface area (TPSA) is 32.5 Å². The Bertz CT molecular complexity index is 394. The molecule has 1 heterocycles. The number of halogens is 1. The summed E-state index contributed by atoms with van der Waals surface area (Å²) in [6, 6.07) is 6.53. The smallest absolute Gasteiger partial charge is 0.0429 e. The normalized spacial score (nSPS) is 19.5. The molecule has 1 aromatic carbocycles. The van der Waals surface area contributed by atoms with Gasteiger partial charge in [0.05, 0.1) is 0 Å². The van der Waals surface area contributed by atoms with E-state index in [9.17, 15) is 0 Å². The van der Waals surface area contributed by atoms with Gasteiger partial charge in [0, 0.05) is 49.5 Å². The molecule has 106 valence electrons. The van der Waals surface area contributed by atoms with Gasteiger partial charge in [0.25, 0.3) is 0 Å². The van der Waals surface area contributed by atoms with Crippen LogP contribution in [0.3, 0.4) is 0 Å². The van der Waals surface area contributed by atoms with Gasteiger partial charge in [-0.15, -0.1) is 0 Å². The Morgan fingerprint density at radius 3 is 2.47 bits per heavy atom. The largest absolute Gasteiger partial charge is 0.399 e. The zero-order valence-electron chi connectivity index (χ0n) is 11.9. The minimum atomic E-state index is 0.698. The van der Waals surface area contributed by atoms with Gasteiger partial charge < -0.3 is 5.73 Å². The van der Waals surface area contributed by atoms with Crippen LogP contribution in [-0.4, -0.2) is 42.0 Å². The lowest BCUT2D eigenvalue weighted by Crippen LogP contribution is -2.48. The summed E-state index contributed by atoms with van der Waals surface area (Å²) in [5.74, 6) is 0. The van der Waals surface area contributed by atoms with Gasteiger partial charge in [0.15, 0.2) is 0 Å². The standard InChI is InChI=1S/C15H24ClN3/c1-3-12(2)19-6-4-18(5-7-19)11-13-8-14(16)10-15(17)9-13/h8-10,12H,3-7,11,17H2,1-2H3. The van der Waals surface area contributed by atoms with E-state index < -0.39 is 0 Å². The van der Waals surface area contributed by atoms with Gasteiger partial charge in [-0.2, -0.15) is 0 Å². The molecule has 3 nitrogen and oxygen atoms in total. The third-order valence-electron chi connectivity index (χ3n) is 4.01. The Hall–Kier alpha value is -0.770. The van der Waals surface area contributed by atoms with E-state index in [0.29, 0.717) is 6.04 Å². The Morgan fingerprint density at radius 2 is 1.89 bits per heavy atom. The number of piperazine rings is 1. The maximum atomic E-state index is 6.04. The number of nitrogens with zero attached hydrogens (tertiary/aromatic N) is 2. The van der Waals surface area contributed by atoms with Crippen molar-refractivity contribution in [1.82, 2.24) is 9.80 Å². The highest BCUT2D eigenvalue weighted by Crippen LogP contribution is 2.19. The lowest BCUT2D eigenvalue weighted by atomic mass is 10.1. The molecule has 1 atom stereocenters. The predicted molar refractivity (Wildman–Crippen MR) is 82.5 cm³/mol. The second kappa shape index (κ2) is 6.60. The zero-order chi connectivity index (χ0) is 13.8. The maximum absolute atomic E-state index is 6.04. The van der Waals surface area contributed by atoms with Gasteiger partial charge in [0.2, 0.25) is 0 Å². The van der Waals surface area contributed by atoms with E-state index >= 15 is 0 Å². The first-order valence-corrected chi connectivity index (χ1v) is 7.47. The quantitative estimate of drug-likeness (QED) is 0.862. The Labute approximate surface area is 121 Å². The zero-order valence-corrected chi connectivity index (χ0v) is 12.7. The van der Waals surface area contributed by atoms with E-state index in [4.69, 9.17) is 17.3 Å². The van der Waals surface area contributed by atoms with Crippen molar-refractivity contribution < 1.29 is 0 Å². The van der Waals surface area contributed by atoms with Crippen LogP contribution in [0.1, 0.15) is 25.8 Å². The highest BCUT2D eigenvalue weighted by Gasteiger charge is 2.20. The van der Waals surface area contributed by atoms with E-state index in [1.165, 1.54) is 12.0 Å². The minimum Gasteiger partial charge on any atom is -0.399 e. The Balaban J connectivity index is 1.88. The fraction of sp³-hybridized carbons (Fsp3) is 0.600. The fourth-order valence-electron chi connectivity index (χ4n) is 2.65. The summed E-state index contributed by atoms with van der Waals surface area (Å²) in [6.45, 7) is 10.1. The monoisotopic (exact) mass is 281 g/mol. The molecule has 0 bridgehead atoms. The van der Waals surface area contributed by atoms with Crippen LogP contribution in [0.15, 0.2) is 18.2 Å². The molecular formula is C15H24ClN3. The molecule has 0 spiro atoms. The molecule has 1 aliphatic rings. The lowest BCUT2D eigenvalue weighted by molar-refractivity contribution is 0.0964. The van der Waals surface area contributed by atoms with E-state index in [1.54, 1.807) is 6.07 Å². The van der Waals surface area contributed by atoms with E-state index in [2.05, 4.69) is 23.6 Å². The molecule has 1 aromatic rings. The molecule has 19 heavy (non-hydrogen) atoms. The summed E-state index contributed by atoms with van der Waals surface area (Å²) in [5.41, 5.74) is 7.79. The number of hydrogen-bond acceptors (Lipinski definition) is 3. The van der Waals surface area contributed by atoms with Crippen LogP contribution >= 0.6 is 11.6 Å². The van der Waals surface area contributed by atoms with Gasteiger partial charge >= 0.3 is 0 Å². The molecule has 2 N–H and O–H groups in total. The molecule has 0 radical (unpaired) electrons. The molecule has 0 aliphatic carbocycles. The van der Waals surface area contributed by atoms with Gasteiger partial charge in [-0.1, -0.05) is 18.5 Å². The second-order valence-corrected chi connectivity index (χ2v) is 5.90. The van der Waals surface area contributed by atoms with Crippen molar-refractivity contribution in [2.24, 2.45) is 0 Å². The highest BCUT2D eigenvalue weighted by molar-refractivity contribution is 6.30. The first-order chi connectivity index (χ1) is 9.08. The average Bonchev–Trinajstić information content (AvgIpc) is 2.37. The van der Waals surface area contributed by atoms with Crippen molar-refractivity contribution in [3.05, 3.63) is 28.8 Å².